The fourth-order valence-corrected chi connectivity index (χ4v) is 7.84. The van der Waals surface area contributed by atoms with Gasteiger partial charge in [-0.3, -0.25) is 19.3 Å². The molecule has 2 aromatic carbocycles. The Kier molecular flexibility index (Phi) is 9.24. The number of amides is 3. The summed E-state index contributed by atoms with van der Waals surface area (Å²) >= 11 is 0. The average Bonchev–Trinajstić information content (AvgIpc) is 3.42. The van der Waals surface area contributed by atoms with Crippen molar-refractivity contribution in [1.82, 2.24) is 29.6 Å². The number of pyridine rings is 1. The number of piperidine rings is 2. The van der Waals surface area contributed by atoms with Gasteiger partial charge in [-0.15, -0.1) is 0 Å². The zero-order valence-corrected chi connectivity index (χ0v) is 28.7. The van der Waals surface area contributed by atoms with E-state index in [1.54, 1.807) is 19.1 Å². The number of rotatable bonds is 5. The van der Waals surface area contributed by atoms with Gasteiger partial charge in [0.25, 0.3) is 5.91 Å². The lowest BCUT2D eigenvalue weighted by molar-refractivity contribution is -0.141. The van der Waals surface area contributed by atoms with Crippen LogP contribution in [0.3, 0.4) is 0 Å². The summed E-state index contributed by atoms with van der Waals surface area (Å²) in [7, 11) is 0. The third kappa shape index (κ3) is 6.84. The first-order valence-corrected chi connectivity index (χ1v) is 17.6. The molecule has 3 saturated heterocycles. The number of nitrogens with zero attached hydrogens (tertiary/aromatic N) is 5. The van der Waals surface area contributed by atoms with Gasteiger partial charge in [0.1, 0.15) is 5.82 Å². The first-order valence-electron chi connectivity index (χ1n) is 17.6. The van der Waals surface area contributed by atoms with Crippen LogP contribution in [0, 0.1) is 25.6 Å². The van der Waals surface area contributed by atoms with E-state index in [9.17, 15) is 18.8 Å². The van der Waals surface area contributed by atoms with Gasteiger partial charge in [-0.05, 0) is 81.5 Å². The van der Waals surface area contributed by atoms with Crippen molar-refractivity contribution < 1.29 is 18.8 Å². The SMILES string of the molecule is CC(=O)N1CCC(C(=O)N2CCC(N3CCN(C(=O)c4cc(-c5cccc(F)c5)nc(-c5ccc6[nH]c(C)c(C)c6c5)c4)CC3)CC2)CC1. The minimum Gasteiger partial charge on any atom is -0.358 e. The number of aromatic nitrogens is 2. The molecular formula is C39H45FN6O3. The first-order chi connectivity index (χ1) is 23.6. The topological polar surface area (TPSA) is 92.9 Å². The van der Waals surface area contributed by atoms with E-state index in [-0.39, 0.29) is 29.5 Å². The van der Waals surface area contributed by atoms with E-state index in [0.29, 0.717) is 54.7 Å². The number of fused-ring (bicyclic) bond motifs is 1. The molecule has 0 spiro atoms. The normalized spacial score (nSPS) is 18.3. The smallest absolute Gasteiger partial charge is 0.254 e. The number of H-pyrrole nitrogens is 1. The zero-order valence-electron chi connectivity index (χ0n) is 28.7. The first kappa shape index (κ1) is 33.0. The summed E-state index contributed by atoms with van der Waals surface area (Å²) in [6.07, 6.45) is 3.36. The van der Waals surface area contributed by atoms with E-state index >= 15 is 0 Å². The molecule has 49 heavy (non-hydrogen) atoms. The Hall–Kier alpha value is -4.57. The number of hydrogen-bond donors (Lipinski definition) is 1. The highest BCUT2D eigenvalue weighted by Gasteiger charge is 2.34. The van der Waals surface area contributed by atoms with Crippen molar-refractivity contribution in [2.75, 3.05) is 52.4 Å². The van der Waals surface area contributed by atoms with E-state index in [0.717, 1.165) is 74.0 Å². The summed E-state index contributed by atoms with van der Waals surface area (Å²) in [5, 5.41) is 1.11. The monoisotopic (exact) mass is 664 g/mol. The van der Waals surface area contributed by atoms with Crippen LogP contribution in [0.5, 0.6) is 0 Å². The Labute approximate surface area is 287 Å². The summed E-state index contributed by atoms with van der Waals surface area (Å²) in [5.41, 5.74) is 6.65. The maximum Gasteiger partial charge on any atom is 0.254 e. The molecule has 0 bridgehead atoms. The lowest BCUT2D eigenvalue weighted by Crippen LogP contribution is -2.55. The number of likely N-dealkylation sites (tertiary alicyclic amines) is 2. The summed E-state index contributed by atoms with van der Waals surface area (Å²) < 4.78 is 14.3. The number of nitrogens with one attached hydrogen (secondary N) is 1. The number of benzene rings is 2. The molecule has 9 nitrogen and oxygen atoms in total. The molecule has 10 heteroatoms. The third-order valence-corrected chi connectivity index (χ3v) is 11.0. The van der Waals surface area contributed by atoms with Crippen molar-refractivity contribution in [2.24, 2.45) is 5.92 Å². The molecule has 0 saturated carbocycles. The summed E-state index contributed by atoms with van der Waals surface area (Å²) in [6, 6.07) is 16.6. The van der Waals surface area contributed by atoms with Crippen LogP contribution in [0.2, 0.25) is 0 Å². The molecule has 4 aromatic rings. The predicted molar refractivity (Wildman–Crippen MR) is 188 cm³/mol. The molecule has 256 valence electrons. The molecule has 5 heterocycles. The van der Waals surface area contributed by atoms with Gasteiger partial charge in [-0.1, -0.05) is 18.2 Å². The highest BCUT2D eigenvalue weighted by molar-refractivity contribution is 5.97. The number of carbonyl (C=O) groups excluding carboxylic acids is 3. The summed E-state index contributed by atoms with van der Waals surface area (Å²) in [4.78, 5) is 55.5. The van der Waals surface area contributed by atoms with Crippen LogP contribution >= 0.6 is 0 Å². The van der Waals surface area contributed by atoms with Gasteiger partial charge >= 0.3 is 0 Å². The number of aromatic amines is 1. The van der Waals surface area contributed by atoms with Crippen LogP contribution in [0.4, 0.5) is 4.39 Å². The average molecular weight is 665 g/mol. The summed E-state index contributed by atoms with van der Waals surface area (Å²) in [5.74, 6) is -0.0552. The molecule has 0 aliphatic carbocycles. The van der Waals surface area contributed by atoms with Crippen LogP contribution in [0.1, 0.15) is 54.2 Å². The molecule has 3 aliphatic heterocycles. The second-order valence-corrected chi connectivity index (χ2v) is 13.9. The van der Waals surface area contributed by atoms with Crippen LogP contribution in [0.25, 0.3) is 33.4 Å². The van der Waals surface area contributed by atoms with Crippen LogP contribution in [-0.4, -0.2) is 106 Å². The largest absolute Gasteiger partial charge is 0.358 e. The maximum absolute atomic E-state index is 14.3. The molecule has 1 N–H and O–H groups in total. The number of aryl methyl sites for hydroxylation is 2. The number of hydrogen-bond acceptors (Lipinski definition) is 5. The Morgan fingerprint density at radius 3 is 2.06 bits per heavy atom. The zero-order chi connectivity index (χ0) is 34.2. The highest BCUT2D eigenvalue weighted by Crippen LogP contribution is 2.31. The van der Waals surface area contributed by atoms with Gasteiger partial charge in [-0.25, -0.2) is 9.37 Å². The Morgan fingerprint density at radius 2 is 1.41 bits per heavy atom. The lowest BCUT2D eigenvalue weighted by atomic mass is 9.93. The van der Waals surface area contributed by atoms with Crippen molar-refractivity contribution in [3.05, 3.63) is 77.2 Å². The van der Waals surface area contributed by atoms with Gasteiger partial charge in [0.05, 0.1) is 11.4 Å². The fourth-order valence-electron chi connectivity index (χ4n) is 7.84. The predicted octanol–water partition coefficient (Wildman–Crippen LogP) is 5.66. The van der Waals surface area contributed by atoms with E-state index in [1.165, 1.54) is 17.7 Å². The third-order valence-electron chi connectivity index (χ3n) is 11.0. The second kappa shape index (κ2) is 13.7. The molecule has 0 atom stereocenters. The quantitative estimate of drug-likeness (QED) is 0.297. The van der Waals surface area contributed by atoms with Crippen molar-refractivity contribution >= 4 is 28.6 Å². The Balaban J connectivity index is 1.02. The Morgan fingerprint density at radius 1 is 0.755 bits per heavy atom. The van der Waals surface area contributed by atoms with Crippen LogP contribution in [-0.2, 0) is 9.59 Å². The van der Waals surface area contributed by atoms with Crippen molar-refractivity contribution in [1.29, 1.82) is 0 Å². The molecule has 3 fully saturated rings. The number of carbonyl (C=O) groups is 3. The molecule has 7 rings (SSSR count). The van der Waals surface area contributed by atoms with E-state index < -0.39 is 0 Å². The van der Waals surface area contributed by atoms with E-state index in [1.807, 2.05) is 39.0 Å². The van der Waals surface area contributed by atoms with Gasteiger partial charge in [0.15, 0.2) is 0 Å². The molecule has 2 aromatic heterocycles. The standard InChI is InChI=1S/C39H45FN6O3/c1-25-26(2)41-35-8-7-30(22-34(25)35)37-24-31(23-36(42-37)29-5-4-6-32(40)21-29)39(49)46-19-17-44(18-20-46)33-11-15-45(16-12-33)38(48)28-9-13-43(14-10-28)27(3)47/h4-8,21-24,28,33,41H,9-20H2,1-3H3. The van der Waals surface area contributed by atoms with Gasteiger partial charge in [-0.2, -0.15) is 0 Å². The minimum atomic E-state index is -0.348. The Bertz CT molecular complexity index is 1880. The molecule has 0 unspecified atom stereocenters. The van der Waals surface area contributed by atoms with E-state index in [4.69, 9.17) is 4.98 Å². The molecule has 3 amide bonds. The maximum atomic E-state index is 14.3. The minimum absolute atomic E-state index is 0.0155. The summed E-state index contributed by atoms with van der Waals surface area (Å²) in [6.45, 7) is 11.4. The van der Waals surface area contributed by atoms with Crippen LogP contribution < -0.4 is 0 Å². The van der Waals surface area contributed by atoms with Gasteiger partial charge < -0.3 is 19.7 Å². The number of halogens is 1. The van der Waals surface area contributed by atoms with E-state index in [2.05, 4.69) is 29.8 Å². The van der Waals surface area contributed by atoms with Crippen molar-refractivity contribution in [2.45, 2.75) is 52.5 Å². The van der Waals surface area contributed by atoms with Crippen molar-refractivity contribution in [3.8, 4) is 22.5 Å². The molecule has 3 aliphatic rings. The molecular weight excluding hydrogens is 619 g/mol. The molecule has 0 radical (unpaired) electrons. The van der Waals surface area contributed by atoms with Gasteiger partial charge in [0, 0.05) is 105 Å². The lowest BCUT2D eigenvalue weighted by Gasteiger charge is -2.43. The second-order valence-electron chi connectivity index (χ2n) is 13.9. The van der Waals surface area contributed by atoms with Gasteiger partial charge in [0.2, 0.25) is 11.8 Å². The highest BCUT2D eigenvalue weighted by atomic mass is 19.1. The fraction of sp³-hybridized carbons (Fsp3) is 0.436. The number of piperazine rings is 1. The van der Waals surface area contributed by atoms with Crippen LogP contribution in [0.15, 0.2) is 54.6 Å². The van der Waals surface area contributed by atoms with Crippen molar-refractivity contribution in [3.63, 3.8) is 0 Å².